The number of halogens is 1. The van der Waals surface area contributed by atoms with Crippen LogP contribution in [0.5, 0.6) is 0 Å². The lowest BCUT2D eigenvalue weighted by Gasteiger charge is -2.45. The molecule has 2 rings (SSSR count). The number of hydrogen-bond donors (Lipinski definition) is 2. The summed E-state index contributed by atoms with van der Waals surface area (Å²) in [5.41, 5.74) is -0.447. The van der Waals surface area contributed by atoms with Gasteiger partial charge in [-0.05, 0) is 30.7 Å². The fourth-order valence-electron chi connectivity index (χ4n) is 2.12. The maximum absolute atomic E-state index is 12.0. The molecule has 0 bridgehead atoms. The SMILES string of the molecule is CCS[C@@H]1CC[C@@]1(O)CNC(=O)c1cccnc1Cl. The molecule has 1 fully saturated rings. The lowest BCUT2D eigenvalue weighted by Crippen LogP contribution is -2.57. The molecule has 1 aromatic heterocycles. The Balaban J connectivity index is 1.92. The van der Waals surface area contributed by atoms with Crippen LogP contribution in [0.1, 0.15) is 30.1 Å². The van der Waals surface area contributed by atoms with E-state index in [1.165, 1.54) is 6.20 Å². The minimum Gasteiger partial charge on any atom is -0.387 e. The molecule has 0 spiro atoms. The number of rotatable bonds is 5. The molecule has 6 heteroatoms. The molecule has 1 amide bonds. The molecule has 0 saturated heterocycles. The van der Waals surface area contributed by atoms with Crippen molar-refractivity contribution in [2.45, 2.75) is 30.6 Å². The number of amides is 1. The molecule has 1 saturated carbocycles. The lowest BCUT2D eigenvalue weighted by molar-refractivity contribution is -0.0221. The van der Waals surface area contributed by atoms with Crippen LogP contribution in [0.2, 0.25) is 5.15 Å². The third-order valence-electron chi connectivity index (χ3n) is 3.37. The van der Waals surface area contributed by atoms with Gasteiger partial charge >= 0.3 is 0 Å². The van der Waals surface area contributed by atoms with E-state index in [0.717, 1.165) is 18.6 Å². The Morgan fingerprint density at radius 1 is 1.74 bits per heavy atom. The largest absolute Gasteiger partial charge is 0.387 e. The van der Waals surface area contributed by atoms with E-state index in [9.17, 15) is 9.90 Å². The van der Waals surface area contributed by atoms with Gasteiger partial charge in [0.25, 0.3) is 5.91 Å². The summed E-state index contributed by atoms with van der Waals surface area (Å²) < 4.78 is 0. The molecule has 0 aromatic carbocycles. The zero-order valence-electron chi connectivity index (χ0n) is 10.7. The monoisotopic (exact) mass is 300 g/mol. The van der Waals surface area contributed by atoms with Crippen molar-refractivity contribution in [3.05, 3.63) is 29.0 Å². The summed E-state index contributed by atoms with van der Waals surface area (Å²) in [5.74, 6) is 0.675. The number of nitrogens with one attached hydrogen (secondary N) is 1. The van der Waals surface area contributed by atoms with Gasteiger partial charge in [0.15, 0.2) is 0 Å². The summed E-state index contributed by atoms with van der Waals surface area (Å²) in [6.45, 7) is 2.33. The number of thioether (sulfide) groups is 1. The first-order valence-electron chi connectivity index (χ1n) is 6.29. The van der Waals surface area contributed by atoms with Gasteiger partial charge in [-0.25, -0.2) is 4.98 Å². The van der Waals surface area contributed by atoms with Crippen molar-refractivity contribution < 1.29 is 9.90 Å². The summed E-state index contributed by atoms with van der Waals surface area (Å²) in [7, 11) is 0. The van der Waals surface area contributed by atoms with Crippen molar-refractivity contribution in [3.8, 4) is 0 Å². The van der Waals surface area contributed by atoms with Gasteiger partial charge in [0.05, 0.1) is 11.2 Å². The number of aliphatic hydroxyl groups is 1. The number of carbonyl (C=O) groups is 1. The van der Waals surface area contributed by atoms with Gasteiger partial charge in [-0.15, -0.1) is 0 Å². The van der Waals surface area contributed by atoms with E-state index in [2.05, 4.69) is 17.2 Å². The highest BCUT2D eigenvalue weighted by molar-refractivity contribution is 8.00. The van der Waals surface area contributed by atoms with Gasteiger partial charge in [0, 0.05) is 18.0 Å². The minimum absolute atomic E-state index is 0.181. The van der Waals surface area contributed by atoms with Crippen LogP contribution in [0.4, 0.5) is 0 Å². The van der Waals surface area contributed by atoms with Gasteiger partial charge in [0.1, 0.15) is 5.15 Å². The molecule has 19 heavy (non-hydrogen) atoms. The third-order valence-corrected chi connectivity index (χ3v) is 5.08. The summed E-state index contributed by atoms with van der Waals surface area (Å²) in [4.78, 5) is 15.8. The second-order valence-electron chi connectivity index (χ2n) is 4.61. The number of nitrogens with zero attached hydrogens (tertiary/aromatic N) is 1. The smallest absolute Gasteiger partial charge is 0.254 e. The van der Waals surface area contributed by atoms with Crippen molar-refractivity contribution in [3.63, 3.8) is 0 Å². The molecule has 4 nitrogen and oxygen atoms in total. The maximum atomic E-state index is 12.0. The van der Waals surface area contributed by atoms with E-state index >= 15 is 0 Å². The van der Waals surface area contributed by atoms with Crippen molar-refractivity contribution in [2.24, 2.45) is 0 Å². The van der Waals surface area contributed by atoms with Crippen LogP contribution in [-0.4, -0.2) is 39.1 Å². The van der Waals surface area contributed by atoms with E-state index in [1.807, 2.05) is 0 Å². The van der Waals surface area contributed by atoms with E-state index in [-0.39, 0.29) is 22.9 Å². The number of aromatic nitrogens is 1. The van der Waals surface area contributed by atoms with Crippen LogP contribution < -0.4 is 5.32 Å². The number of carbonyl (C=O) groups excluding carboxylic acids is 1. The van der Waals surface area contributed by atoms with E-state index in [4.69, 9.17) is 11.6 Å². The number of hydrogen-bond acceptors (Lipinski definition) is 4. The van der Waals surface area contributed by atoms with Crippen LogP contribution in [-0.2, 0) is 0 Å². The minimum atomic E-state index is -0.787. The molecule has 1 aromatic rings. The average Bonchev–Trinajstić information content (AvgIpc) is 2.41. The van der Waals surface area contributed by atoms with E-state index in [0.29, 0.717) is 5.56 Å². The first-order valence-corrected chi connectivity index (χ1v) is 7.72. The Morgan fingerprint density at radius 3 is 3.11 bits per heavy atom. The molecule has 0 aliphatic heterocycles. The molecule has 104 valence electrons. The standard InChI is InChI=1S/C13H17ClN2O2S/c1-2-19-10-5-6-13(10,18)8-16-12(17)9-4-3-7-15-11(9)14/h3-4,7,10,18H,2,5-6,8H2,1H3,(H,16,17)/t10-,13-/m1/s1. The molecule has 0 radical (unpaired) electrons. The predicted molar refractivity (Wildman–Crippen MR) is 77.7 cm³/mol. The Kier molecular flexibility index (Phi) is 4.71. The summed E-state index contributed by atoms with van der Waals surface area (Å²) >= 11 is 7.59. The summed E-state index contributed by atoms with van der Waals surface area (Å²) in [6.07, 6.45) is 3.26. The Labute approximate surface area is 121 Å². The Morgan fingerprint density at radius 2 is 2.53 bits per heavy atom. The van der Waals surface area contributed by atoms with E-state index in [1.54, 1.807) is 23.9 Å². The predicted octanol–water partition coefficient (Wildman–Crippen LogP) is 2.11. The normalized spacial score (nSPS) is 25.7. The van der Waals surface area contributed by atoms with Crippen molar-refractivity contribution >= 4 is 29.3 Å². The van der Waals surface area contributed by atoms with Crippen molar-refractivity contribution in [1.29, 1.82) is 0 Å². The highest BCUT2D eigenvalue weighted by Crippen LogP contribution is 2.40. The summed E-state index contributed by atoms with van der Waals surface area (Å²) in [5, 5.41) is 13.5. The molecule has 1 heterocycles. The fourth-order valence-corrected chi connectivity index (χ4v) is 3.52. The molecule has 2 N–H and O–H groups in total. The van der Waals surface area contributed by atoms with Crippen LogP contribution in [0.25, 0.3) is 0 Å². The maximum Gasteiger partial charge on any atom is 0.254 e. The quantitative estimate of drug-likeness (QED) is 0.818. The highest BCUT2D eigenvalue weighted by atomic mass is 35.5. The van der Waals surface area contributed by atoms with Gasteiger partial charge < -0.3 is 10.4 Å². The first kappa shape index (κ1) is 14.6. The summed E-state index contributed by atoms with van der Waals surface area (Å²) in [6, 6.07) is 3.28. The van der Waals surface area contributed by atoms with Gasteiger partial charge in [-0.3, -0.25) is 4.79 Å². The van der Waals surface area contributed by atoms with Crippen molar-refractivity contribution in [1.82, 2.24) is 10.3 Å². The zero-order chi connectivity index (χ0) is 13.9. The second-order valence-corrected chi connectivity index (χ2v) is 6.45. The van der Waals surface area contributed by atoms with Crippen LogP contribution in [0.15, 0.2) is 18.3 Å². The second kappa shape index (κ2) is 6.11. The van der Waals surface area contributed by atoms with Crippen molar-refractivity contribution in [2.75, 3.05) is 12.3 Å². The molecular weight excluding hydrogens is 284 g/mol. The molecule has 0 unspecified atom stereocenters. The first-order chi connectivity index (χ1) is 9.07. The van der Waals surface area contributed by atoms with Crippen LogP contribution >= 0.6 is 23.4 Å². The van der Waals surface area contributed by atoms with Gasteiger partial charge in [0.2, 0.25) is 0 Å². The molecule has 1 aliphatic rings. The fraction of sp³-hybridized carbons (Fsp3) is 0.538. The van der Waals surface area contributed by atoms with Gasteiger partial charge in [-0.2, -0.15) is 11.8 Å². The number of pyridine rings is 1. The topological polar surface area (TPSA) is 62.2 Å². The third kappa shape index (κ3) is 3.22. The van der Waals surface area contributed by atoms with Gasteiger partial charge in [-0.1, -0.05) is 18.5 Å². The Hall–Kier alpha value is -0.780. The average molecular weight is 301 g/mol. The van der Waals surface area contributed by atoms with E-state index < -0.39 is 5.60 Å². The molecule has 1 aliphatic carbocycles. The molecule has 2 atom stereocenters. The lowest BCUT2D eigenvalue weighted by atomic mass is 9.79. The van der Waals surface area contributed by atoms with Crippen LogP contribution in [0.3, 0.4) is 0 Å². The highest BCUT2D eigenvalue weighted by Gasteiger charge is 2.45. The molecular formula is C13H17ClN2O2S. The Bertz CT molecular complexity index is 472. The van der Waals surface area contributed by atoms with Crippen LogP contribution in [0, 0.1) is 0 Å². The zero-order valence-corrected chi connectivity index (χ0v) is 12.3.